The third-order valence-electron chi connectivity index (χ3n) is 2.46. The summed E-state index contributed by atoms with van der Waals surface area (Å²) in [6.45, 7) is 9.64. The van der Waals surface area contributed by atoms with Crippen molar-refractivity contribution in [3.63, 3.8) is 0 Å². The zero-order chi connectivity index (χ0) is 10.2. The quantitative estimate of drug-likeness (QED) is 0.447. The van der Waals surface area contributed by atoms with E-state index in [1.165, 1.54) is 19.3 Å². The van der Waals surface area contributed by atoms with Gasteiger partial charge in [-0.25, -0.2) is 0 Å². The van der Waals surface area contributed by atoms with Crippen LogP contribution in [-0.4, -0.2) is 18.6 Å². The summed E-state index contributed by atoms with van der Waals surface area (Å²) in [5, 5.41) is 3.41. The fourth-order valence-electron chi connectivity index (χ4n) is 1.35. The molecule has 0 amide bonds. The molecular formula is C11H24N2. The van der Waals surface area contributed by atoms with E-state index in [4.69, 9.17) is 5.73 Å². The molecule has 0 rings (SSSR count). The first-order valence-corrected chi connectivity index (χ1v) is 5.24. The first-order chi connectivity index (χ1) is 6.18. The van der Waals surface area contributed by atoms with Gasteiger partial charge in [0.05, 0.1) is 0 Å². The van der Waals surface area contributed by atoms with E-state index in [1.807, 2.05) is 6.08 Å². The molecule has 0 aliphatic rings. The third kappa shape index (κ3) is 5.83. The van der Waals surface area contributed by atoms with E-state index in [1.54, 1.807) is 0 Å². The van der Waals surface area contributed by atoms with E-state index in [2.05, 4.69) is 25.7 Å². The monoisotopic (exact) mass is 184 g/mol. The Morgan fingerprint density at radius 1 is 1.46 bits per heavy atom. The van der Waals surface area contributed by atoms with Gasteiger partial charge in [-0.3, -0.25) is 0 Å². The number of hydrogen-bond donors (Lipinski definition) is 2. The van der Waals surface area contributed by atoms with E-state index >= 15 is 0 Å². The zero-order valence-electron chi connectivity index (χ0n) is 9.10. The minimum atomic E-state index is 0.101. The predicted molar refractivity (Wildman–Crippen MR) is 59.8 cm³/mol. The van der Waals surface area contributed by atoms with Crippen LogP contribution in [0.3, 0.4) is 0 Å². The lowest BCUT2D eigenvalue weighted by Gasteiger charge is -2.29. The second-order valence-corrected chi connectivity index (χ2v) is 3.89. The van der Waals surface area contributed by atoms with Gasteiger partial charge in [-0.1, -0.05) is 32.3 Å². The van der Waals surface area contributed by atoms with Gasteiger partial charge in [-0.2, -0.15) is 0 Å². The highest BCUT2D eigenvalue weighted by atomic mass is 15.0. The molecule has 0 radical (unpaired) electrons. The molecule has 0 spiro atoms. The van der Waals surface area contributed by atoms with Crippen LogP contribution in [-0.2, 0) is 0 Å². The summed E-state index contributed by atoms with van der Waals surface area (Å²) in [5.41, 5.74) is 5.83. The molecule has 1 unspecified atom stereocenters. The molecule has 0 aromatic carbocycles. The molecule has 0 heterocycles. The van der Waals surface area contributed by atoms with Crippen LogP contribution in [0.5, 0.6) is 0 Å². The summed E-state index contributed by atoms with van der Waals surface area (Å²) in [5.74, 6) is 0. The van der Waals surface area contributed by atoms with E-state index in [0.29, 0.717) is 6.54 Å². The largest absolute Gasteiger partial charge is 0.329 e. The van der Waals surface area contributed by atoms with Gasteiger partial charge in [0.1, 0.15) is 0 Å². The van der Waals surface area contributed by atoms with Crippen molar-refractivity contribution in [2.45, 2.75) is 45.1 Å². The van der Waals surface area contributed by atoms with Gasteiger partial charge in [0.15, 0.2) is 0 Å². The van der Waals surface area contributed by atoms with Gasteiger partial charge in [-0.05, 0) is 13.3 Å². The van der Waals surface area contributed by atoms with E-state index in [0.717, 1.165) is 13.0 Å². The molecule has 2 heteroatoms. The van der Waals surface area contributed by atoms with Crippen LogP contribution in [0.25, 0.3) is 0 Å². The Bertz CT molecular complexity index is 134. The van der Waals surface area contributed by atoms with Crippen molar-refractivity contribution in [3.05, 3.63) is 12.7 Å². The molecule has 0 bridgehead atoms. The van der Waals surface area contributed by atoms with Gasteiger partial charge in [-0.15, -0.1) is 6.58 Å². The highest BCUT2D eigenvalue weighted by Gasteiger charge is 2.19. The Morgan fingerprint density at radius 2 is 2.15 bits per heavy atom. The topological polar surface area (TPSA) is 38.0 Å². The summed E-state index contributed by atoms with van der Waals surface area (Å²) in [4.78, 5) is 0. The third-order valence-corrected chi connectivity index (χ3v) is 2.46. The lowest BCUT2D eigenvalue weighted by atomic mass is 9.94. The Labute approximate surface area is 82.6 Å². The second-order valence-electron chi connectivity index (χ2n) is 3.89. The van der Waals surface area contributed by atoms with Crippen molar-refractivity contribution in [1.82, 2.24) is 5.32 Å². The predicted octanol–water partition coefficient (Wildman–Crippen LogP) is 2.06. The van der Waals surface area contributed by atoms with Crippen molar-refractivity contribution in [3.8, 4) is 0 Å². The normalized spacial score (nSPS) is 15.3. The fourth-order valence-corrected chi connectivity index (χ4v) is 1.35. The second kappa shape index (κ2) is 7.10. The molecule has 0 aliphatic heterocycles. The molecule has 0 aromatic heterocycles. The van der Waals surface area contributed by atoms with Gasteiger partial charge < -0.3 is 11.1 Å². The molecule has 0 fully saturated rings. The summed E-state index contributed by atoms with van der Waals surface area (Å²) in [7, 11) is 0. The first kappa shape index (κ1) is 12.7. The van der Waals surface area contributed by atoms with Gasteiger partial charge in [0.2, 0.25) is 0 Å². The standard InChI is InChI=1S/C11H24N2/c1-4-6-7-8-11(3,10-12)13-9-5-2/h5,13H,2,4,6-10,12H2,1,3H3. The van der Waals surface area contributed by atoms with Crippen LogP contribution < -0.4 is 11.1 Å². The minimum absolute atomic E-state index is 0.101. The maximum atomic E-state index is 5.73. The van der Waals surface area contributed by atoms with Crippen molar-refractivity contribution in [2.75, 3.05) is 13.1 Å². The highest BCUT2D eigenvalue weighted by molar-refractivity contribution is 4.87. The number of rotatable bonds is 8. The lowest BCUT2D eigenvalue weighted by molar-refractivity contribution is 0.341. The maximum absolute atomic E-state index is 5.73. The van der Waals surface area contributed by atoms with Crippen LogP contribution in [0.4, 0.5) is 0 Å². The van der Waals surface area contributed by atoms with Crippen molar-refractivity contribution >= 4 is 0 Å². The van der Waals surface area contributed by atoms with Crippen molar-refractivity contribution < 1.29 is 0 Å². The van der Waals surface area contributed by atoms with Crippen LogP contribution in [0.2, 0.25) is 0 Å². The Kier molecular flexibility index (Phi) is 6.92. The van der Waals surface area contributed by atoms with E-state index in [9.17, 15) is 0 Å². The maximum Gasteiger partial charge on any atom is 0.0278 e. The number of unbranched alkanes of at least 4 members (excludes halogenated alkanes) is 2. The van der Waals surface area contributed by atoms with Crippen LogP contribution in [0, 0.1) is 0 Å². The SMILES string of the molecule is C=CCNC(C)(CN)CCCCC. The van der Waals surface area contributed by atoms with Gasteiger partial charge in [0, 0.05) is 18.6 Å². The van der Waals surface area contributed by atoms with Crippen LogP contribution >= 0.6 is 0 Å². The molecule has 13 heavy (non-hydrogen) atoms. The van der Waals surface area contributed by atoms with Crippen LogP contribution in [0.15, 0.2) is 12.7 Å². The molecule has 2 nitrogen and oxygen atoms in total. The van der Waals surface area contributed by atoms with E-state index in [-0.39, 0.29) is 5.54 Å². The first-order valence-electron chi connectivity index (χ1n) is 5.24. The molecule has 0 saturated carbocycles. The fraction of sp³-hybridized carbons (Fsp3) is 0.818. The summed E-state index contributed by atoms with van der Waals surface area (Å²) in [6.07, 6.45) is 6.86. The summed E-state index contributed by atoms with van der Waals surface area (Å²) >= 11 is 0. The Morgan fingerprint density at radius 3 is 2.62 bits per heavy atom. The molecule has 1 atom stereocenters. The average molecular weight is 184 g/mol. The summed E-state index contributed by atoms with van der Waals surface area (Å²) in [6, 6.07) is 0. The minimum Gasteiger partial charge on any atom is -0.329 e. The van der Waals surface area contributed by atoms with Crippen molar-refractivity contribution in [1.29, 1.82) is 0 Å². The molecule has 3 N–H and O–H groups in total. The highest BCUT2D eigenvalue weighted by Crippen LogP contribution is 2.13. The van der Waals surface area contributed by atoms with Gasteiger partial charge in [0.25, 0.3) is 0 Å². The zero-order valence-corrected chi connectivity index (χ0v) is 9.10. The lowest BCUT2D eigenvalue weighted by Crippen LogP contribution is -2.48. The van der Waals surface area contributed by atoms with Gasteiger partial charge >= 0.3 is 0 Å². The Balaban J connectivity index is 3.73. The molecular weight excluding hydrogens is 160 g/mol. The van der Waals surface area contributed by atoms with E-state index < -0.39 is 0 Å². The van der Waals surface area contributed by atoms with Crippen LogP contribution in [0.1, 0.15) is 39.5 Å². The molecule has 0 saturated heterocycles. The number of hydrogen-bond acceptors (Lipinski definition) is 2. The van der Waals surface area contributed by atoms with Crippen molar-refractivity contribution in [2.24, 2.45) is 5.73 Å². The molecule has 0 aliphatic carbocycles. The average Bonchev–Trinajstić information content (AvgIpc) is 2.15. The summed E-state index contributed by atoms with van der Waals surface area (Å²) < 4.78 is 0. The number of nitrogens with one attached hydrogen (secondary N) is 1. The number of nitrogens with two attached hydrogens (primary N) is 1. The smallest absolute Gasteiger partial charge is 0.0278 e. The molecule has 78 valence electrons. The Hall–Kier alpha value is -0.340. The molecule has 0 aromatic rings.